The summed E-state index contributed by atoms with van der Waals surface area (Å²) >= 11 is 0. The van der Waals surface area contributed by atoms with E-state index in [9.17, 15) is 13.9 Å². The maximum absolute atomic E-state index is 13.5. The van der Waals surface area contributed by atoms with E-state index >= 15 is 0 Å². The number of guanidine groups is 1. The molecule has 1 fully saturated rings. The molecule has 0 amide bonds. The van der Waals surface area contributed by atoms with Gasteiger partial charge in [0.05, 0.1) is 18.3 Å². The summed E-state index contributed by atoms with van der Waals surface area (Å²) in [6.45, 7) is 2.32. The molecule has 0 bridgehead atoms. The fraction of sp³-hybridized carbons (Fsp3) is 0.533. The molecule has 0 aliphatic heterocycles. The number of benzene rings is 1. The van der Waals surface area contributed by atoms with E-state index in [0.29, 0.717) is 6.54 Å². The lowest BCUT2D eigenvalue weighted by Crippen LogP contribution is -2.39. The normalized spacial score (nSPS) is 26.7. The quantitative estimate of drug-likeness (QED) is 0.593. The molecular formula is C15H21F2N3O. The fourth-order valence-corrected chi connectivity index (χ4v) is 2.60. The highest BCUT2D eigenvalue weighted by Crippen LogP contribution is 2.36. The summed E-state index contributed by atoms with van der Waals surface area (Å²) in [7, 11) is 0. The first kappa shape index (κ1) is 15.7. The van der Waals surface area contributed by atoms with Gasteiger partial charge in [-0.3, -0.25) is 4.99 Å². The first-order valence-corrected chi connectivity index (χ1v) is 7.11. The van der Waals surface area contributed by atoms with Gasteiger partial charge in [-0.2, -0.15) is 0 Å². The smallest absolute Gasteiger partial charge is 0.193 e. The SMILES string of the molecule is CC1(CN=C(N)Nc2cc(F)ccc2F)CCCCC1O. The van der Waals surface area contributed by atoms with Gasteiger partial charge in [0.25, 0.3) is 0 Å². The molecule has 1 aromatic rings. The standard InChI is InChI=1S/C15H21F2N3O/c1-15(7-3-2-4-13(15)21)9-19-14(18)20-12-8-10(16)5-6-11(12)17/h5-6,8,13,21H,2-4,7,9H2,1H3,(H3,18,19,20). The summed E-state index contributed by atoms with van der Waals surface area (Å²) in [5.41, 5.74) is 5.35. The van der Waals surface area contributed by atoms with Gasteiger partial charge in [-0.05, 0) is 25.0 Å². The highest BCUT2D eigenvalue weighted by atomic mass is 19.1. The molecule has 2 atom stereocenters. The Balaban J connectivity index is 2.02. The van der Waals surface area contributed by atoms with Crippen LogP contribution in [0.25, 0.3) is 0 Å². The van der Waals surface area contributed by atoms with Crippen LogP contribution in [0.3, 0.4) is 0 Å². The Morgan fingerprint density at radius 2 is 2.24 bits per heavy atom. The number of aliphatic imine (C=N–C) groups is 1. The Morgan fingerprint density at radius 3 is 2.95 bits per heavy atom. The largest absolute Gasteiger partial charge is 0.392 e. The predicted octanol–water partition coefficient (Wildman–Crippen LogP) is 2.63. The van der Waals surface area contributed by atoms with Crippen LogP contribution in [0.5, 0.6) is 0 Å². The van der Waals surface area contributed by atoms with Gasteiger partial charge < -0.3 is 16.2 Å². The van der Waals surface area contributed by atoms with E-state index < -0.39 is 17.7 Å². The van der Waals surface area contributed by atoms with Crippen LogP contribution in [0.15, 0.2) is 23.2 Å². The van der Waals surface area contributed by atoms with Crippen molar-refractivity contribution in [3.63, 3.8) is 0 Å². The summed E-state index contributed by atoms with van der Waals surface area (Å²) in [6, 6.07) is 3.08. The third-order valence-corrected chi connectivity index (χ3v) is 4.08. The molecule has 4 nitrogen and oxygen atoms in total. The topological polar surface area (TPSA) is 70.6 Å². The van der Waals surface area contributed by atoms with Crippen molar-refractivity contribution in [3.05, 3.63) is 29.8 Å². The van der Waals surface area contributed by atoms with E-state index in [0.717, 1.165) is 43.9 Å². The molecule has 0 saturated heterocycles. The molecule has 1 aliphatic rings. The van der Waals surface area contributed by atoms with Gasteiger partial charge in [0.15, 0.2) is 5.96 Å². The number of nitrogens with one attached hydrogen (secondary N) is 1. The molecule has 2 unspecified atom stereocenters. The van der Waals surface area contributed by atoms with Gasteiger partial charge >= 0.3 is 0 Å². The predicted molar refractivity (Wildman–Crippen MR) is 79.1 cm³/mol. The second-order valence-corrected chi connectivity index (χ2v) is 5.87. The van der Waals surface area contributed by atoms with E-state index in [4.69, 9.17) is 5.73 Å². The maximum Gasteiger partial charge on any atom is 0.193 e. The second-order valence-electron chi connectivity index (χ2n) is 5.87. The lowest BCUT2D eigenvalue weighted by atomic mass is 9.73. The van der Waals surface area contributed by atoms with Crippen LogP contribution in [0.2, 0.25) is 0 Å². The highest BCUT2D eigenvalue weighted by Gasteiger charge is 2.35. The highest BCUT2D eigenvalue weighted by molar-refractivity contribution is 5.92. The number of rotatable bonds is 3. The van der Waals surface area contributed by atoms with Crippen molar-refractivity contribution in [2.75, 3.05) is 11.9 Å². The Bertz CT molecular complexity index is 536. The third kappa shape index (κ3) is 3.91. The zero-order chi connectivity index (χ0) is 15.5. The van der Waals surface area contributed by atoms with Gasteiger partial charge in [-0.1, -0.05) is 19.8 Å². The van der Waals surface area contributed by atoms with Crippen LogP contribution in [0.4, 0.5) is 14.5 Å². The first-order chi connectivity index (χ1) is 9.90. The lowest BCUT2D eigenvalue weighted by Gasteiger charge is -2.37. The molecule has 1 aliphatic carbocycles. The molecule has 0 heterocycles. The van der Waals surface area contributed by atoms with Crippen molar-refractivity contribution in [3.8, 4) is 0 Å². The van der Waals surface area contributed by atoms with Crippen LogP contribution >= 0.6 is 0 Å². The van der Waals surface area contributed by atoms with E-state index in [-0.39, 0.29) is 17.1 Å². The minimum absolute atomic E-state index is 0.0125. The van der Waals surface area contributed by atoms with Crippen LogP contribution in [0.1, 0.15) is 32.6 Å². The first-order valence-electron chi connectivity index (χ1n) is 7.11. The number of hydrogen-bond acceptors (Lipinski definition) is 2. The molecule has 1 saturated carbocycles. The van der Waals surface area contributed by atoms with Crippen molar-refractivity contribution in [2.24, 2.45) is 16.1 Å². The minimum Gasteiger partial charge on any atom is -0.392 e. The van der Waals surface area contributed by atoms with Crippen LogP contribution in [0, 0.1) is 17.0 Å². The van der Waals surface area contributed by atoms with Gasteiger partial charge in [0.2, 0.25) is 0 Å². The monoisotopic (exact) mass is 297 g/mol. The lowest BCUT2D eigenvalue weighted by molar-refractivity contribution is 0.00724. The molecule has 0 spiro atoms. The maximum atomic E-state index is 13.5. The second kappa shape index (κ2) is 6.39. The Morgan fingerprint density at radius 1 is 1.48 bits per heavy atom. The number of aliphatic hydroxyl groups is 1. The Labute approximate surface area is 123 Å². The van der Waals surface area contributed by atoms with E-state index in [1.165, 1.54) is 0 Å². The number of hydrogen-bond donors (Lipinski definition) is 3. The zero-order valence-corrected chi connectivity index (χ0v) is 12.1. The van der Waals surface area contributed by atoms with Gasteiger partial charge in [-0.15, -0.1) is 0 Å². The molecule has 21 heavy (non-hydrogen) atoms. The third-order valence-electron chi connectivity index (χ3n) is 4.08. The molecule has 0 aromatic heterocycles. The molecule has 6 heteroatoms. The van der Waals surface area contributed by atoms with Crippen molar-refractivity contribution in [1.82, 2.24) is 0 Å². The molecule has 0 radical (unpaired) electrons. The van der Waals surface area contributed by atoms with E-state index in [1.54, 1.807) is 0 Å². The van der Waals surface area contributed by atoms with Crippen molar-refractivity contribution in [2.45, 2.75) is 38.7 Å². The average Bonchev–Trinajstić information content (AvgIpc) is 2.44. The Kier molecular flexibility index (Phi) is 4.77. The number of halogens is 2. The van der Waals surface area contributed by atoms with Crippen molar-refractivity contribution < 1.29 is 13.9 Å². The molecule has 4 N–H and O–H groups in total. The van der Waals surface area contributed by atoms with Gasteiger partial charge in [-0.25, -0.2) is 8.78 Å². The summed E-state index contributed by atoms with van der Waals surface area (Å²) in [6.07, 6.45) is 3.29. The van der Waals surface area contributed by atoms with E-state index in [2.05, 4.69) is 10.3 Å². The molecule has 116 valence electrons. The molecular weight excluding hydrogens is 276 g/mol. The van der Waals surface area contributed by atoms with Crippen LogP contribution in [-0.2, 0) is 0 Å². The molecule has 2 rings (SSSR count). The number of aliphatic hydroxyl groups excluding tert-OH is 1. The van der Waals surface area contributed by atoms with Gasteiger partial charge in [0.1, 0.15) is 11.6 Å². The fourth-order valence-electron chi connectivity index (χ4n) is 2.60. The van der Waals surface area contributed by atoms with Crippen molar-refractivity contribution >= 4 is 11.6 Å². The van der Waals surface area contributed by atoms with Gasteiger partial charge in [0, 0.05) is 11.5 Å². The zero-order valence-electron chi connectivity index (χ0n) is 12.1. The molecule has 1 aromatic carbocycles. The number of nitrogens with two attached hydrogens (primary N) is 1. The summed E-state index contributed by atoms with van der Waals surface area (Å²) in [5.74, 6) is -1.14. The average molecular weight is 297 g/mol. The number of nitrogens with zero attached hydrogens (tertiary/aromatic N) is 1. The summed E-state index contributed by atoms with van der Waals surface area (Å²) < 4.78 is 26.5. The minimum atomic E-state index is -0.599. The summed E-state index contributed by atoms with van der Waals surface area (Å²) in [5, 5.41) is 12.6. The summed E-state index contributed by atoms with van der Waals surface area (Å²) in [4.78, 5) is 4.17. The Hall–Kier alpha value is -1.69. The number of anilines is 1. The van der Waals surface area contributed by atoms with Crippen molar-refractivity contribution in [1.29, 1.82) is 0 Å². The van der Waals surface area contributed by atoms with Crippen LogP contribution in [-0.4, -0.2) is 23.7 Å². The van der Waals surface area contributed by atoms with Crippen LogP contribution < -0.4 is 11.1 Å². The van der Waals surface area contributed by atoms with E-state index in [1.807, 2.05) is 6.92 Å².